The normalized spacial score (nSPS) is 8.74. The van der Waals surface area contributed by atoms with Gasteiger partial charge in [0.15, 0.2) is 11.5 Å². The lowest BCUT2D eigenvalue weighted by atomic mass is 10.1. The van der Waals surface area contributed by atoms with E-state index in [-0.39, 0.29) is 12.0 Å². The summed E-state index contributed by atoms with van der Waals surface area (Å²) in [7, 11) is 0. The van der Waals surface area contributed by atoms with Crippen molar-refractivity contribution in [1.82, 2.24) is 0 Å². The SMILES string of the molecule is CC.CC.CC.O=C(Cc1ccc(O)c(O)c1O)Nc1cc(Cl)cc(Cl)c1. The number of hydrogen-bond acceptors (Lipinski definition) is 4. The number of carbonyl (C=O) groups excluding carboxylic acids is 1. The van der Waals surface area contributed by atoms with Gasteiger partial charge in [-0.05, 0) is 24.3 Å². The fraction of sp³-hybridized carbons (Fsp3) is 0.350. The second kappa shape index (κ2) is 15.0. The second-order valence-corrected chi connectivity index (χ2v) is 5.20. The highest BCUT2D eigenvalue weighted by molar-refractivity contribution is 6.35. The fourth-order valence-electron chi connectivity index (χ4n) is 1.76. The molecule has 7 heteroatoms. The first-order valence-corrected chi connectivity index (χ1v) is 9.61. The van der Waals surface area contributed by atoms with Crippen molar-refractivity contribution in [2.45, 2.75) is 48.0 Å². The Morgan fingerprint density at radius 2 is 1.33 bits per heavy atom. The highest BCUT2D eigenvalue weighted by Gasteiger charge is 2.14. The van der Waals surface area contributed by atoms with Gasteiger partial charge >= 0.3 is 0 Å². The Hall–Kier alpha value is -2.11. The summed E-state index contributed by atoms with van der Waals surface area (Å²) in [6.07, 6.45) is -0.191. The van der Waals surface area contributed by atoms with Crippen molar-refractivity contribution in [2.24, 2.45) is 0 Å². The van der Waals surface area contributed by atoms with Gasteiger partial charge in [0.1, 0.15) is 0 Å². The molecule has 27 heavy (non-hydrogen) atoms. The number of phenols is 3. The van der Waals surface area contributed by atoms with E-state index in [1.54, 1.807) is 0 Å². The van der Waals surface area contributed by atoms with Crippen LogP contribution in [0.5, 0.6) is 17.2 Å². The fourth-order valence-corrected chi connectivity index (χ4v) is 2.28. The van der Waals surface area contributed by atoms with Crippen LogP contribution in [-0.4, -0.2) is 21.2 Å². The Labute approximate surface area is 171 Å². The molecule has 0 atom stereocenters. The summed E-state index contributed by atoms with van der Waals surface area (Å²) < 4.78 is 0. The van der Waals surface area contributed by atoms with Crippen molar-refractivity contribution < 1.29 is 20.1 Å². The molecule has 0 fully saturated rings. The zero-order valence-electron chi connectivity index (χ0n) is 16.6. The molecule has 0 unspecified atom stereocenters. The molecule has 1 amide bonds. The van der Waals surface area contributed by atoms with Gasteiger partial charge < -0.3 is 20.6 Å². The van der Waals surface area contributed by atoms with Gasteiger partial charge in [-0.15, -0.1) is 0 Å². The summed E-state index contributed by atoms with van der Waals surface area (Å²) in [5.41, 5.74) is 0.593. The third-order valence-corrected chi connectivity index (χ3v) is 3.15. The molecule has 0 aliphatic carbocycles. The number of anilines is 1. The van der Waals surface area contributed by atoms with E-state index in [1.165, 1.54) is 30.3 Å². The number of hydrogen-bond donors (Lipinski definition) is 4. The lowest BCUT2D eigenvalue weighted by Gasteiger charge is -2.09. The zero-order chi connectivity index (χ0) is 21.6. The van der Waals surface area contributed by atoms with Crippen molar-refractivity contribution in [1.29, 1.82) is 0 Å². The monoisotopic (exact) mass is 417 g/mol. The van der Waals surface area contributed by atoms with Gasteiger partial charge in [0, 0.05) is 21.3 Å². The Bertz CT molecular complexity index is 686. The van der Waals surface area contributed by atoms with E-state index in [4.69, 9.17) is 23.2 Å². The van der Waals surface area contributed by atoms with Gasteiger partial charge in [-0.3, -0.25) is 4.79 Å². The Kier molecular flexibility index (Phi) is 15.1. The van der Waals surface area contributed by atoms with E-state index < -0.39 is 23.2 Å². The van der Waals surface area contributed by atoms with Crippen LogP contribution in [0.1, 0.15) is 47.1 Å². The Morgan fingerprint density at radius 1 is 0.852 bits per heavy atom. The summed E-state index contributed by atoms with van der Waals surface area (Å²) in [5, 5.41) is 31.6. The molecule has 2 rings (SSSR count). The Balaban J connectivity index is 0. The molecule has 0 aliphatic rings. The standard InChI is InChI=1S/C14H11Cl2NO4.3C2H6/c15-8-4-9(16)6-10(5-8)17-12(19)3-7-1-2-11(18)14(21)13(7)20;3*1-2/h1-2,4-6,18,20-21H,3H2,(H,17,19);3*1-2H3. The summed E-state index contributed by atoms with van der Waals surface area (Å²) in [6, 6.07) is 7.12. The maximum Gasteiger partial charge on any atom is 0.228 e. The molecular weight excluding hydrogens is 389 g/mol. The molecule has 4 N–H and O–H groups in total. The van der Waals surface area contributed by atoms with E-state index >= 15 is 0 Å². The quantitative estimate of drug-likeness (QED) is 0.436. The van der Waals surface area contributed by atoms with Crippen LogP contribution in [0.2, 0.25) is 10.0 Å². The van der Waals surface area contributed by atoms with Crippen molar-refractivity contribution in [2.75, 3.05) is 5.32 Å². The minimum absolute atomic E-state index is 0.177. The van der Waals surface area contributed by atoms with E-state index in [1.807, 2.05) is 41.5 Å². The van der Waals surface area contributed by atoms with Crippen LogP contribution in [0.25, 0.3) is 0 Å². The van der Waals surface area contributed by atoms with Crippen LogP contribution >= 0.6 is 23.2 Å². The van der Waals surface area contributed by atoms with Crippen molar-refractivity contribution in [3.8, 4) is 17.2 Å². The first kappa shape index (κ1) is 27.1. The third kappa shape index (κ3) is 9.40. The number of benzene rings is 2. The molecule has 0 aliphatic heterocycles. The predicted molar refractivity (Wildman–Crippen MR) is 114 cm³/mol. The molecule has 0 spiro atoms. The lowest BCUT2D eigenvalue weighted by molar-refractivity contribution is -0.115. The zero-order valence-corrected chi connectivity index (χ0v) is 18.1. The van der Waals surface area contributed by atoms with E-state index in [0.717, 1.165) is 0 Å². The van der Waals surface area contributed by atoms with Gasteiger partial charge in [-0.25, -0.2) is 0 Å². The molecule has 0 bridgehead atoms. The lowest BCUT2D eigenvalue weighted by Crippen LogP contribution is -2.14. The number of aromatic hydroxyl groups is 3. The number of carbonyl (C=O) groups is 1. The number of amides is 1. The van der Waals surface area contributed by atoms with Gasteiger partial charge in [-0.1, -0.05) is 70.8 Å². The molecule has 0 radical (unpaired) electrons. The van der Waals surface area contributed by atoms with E-state index in [2.05, 4.69) is 5.32 Å². The molecule has 0 saturated carbocycles. The summed E-state index contributed by atoms with van der Waals surface area (Å²) in [4.78, 5) is 11.9. The van der Waals surface area contributed by atoms with Crippen molar-refractivity contribution in [3.63, 3.8) is 0 Å². The molecular formula is C20H29Cl2NO4. The predicted octanol–water partition coefficient (Wildman–Crippen LogP) is 6.37. The van der Waals surface area contributed by atoms with Gasteiger partial charge in [-0.2, -0.15) is 0 Å². The van der Waals surface area contributed by atoms with Crippen LogP contribution in [0.3, 0.4) is 0 Å². The van der Waals surface area contributed by atoms with Crippen LogP contribution < -0.4 is 5.32 Å². The first-order chi connectivity index (χ1) is 12.9. The van der Waals surface area contributed by atoms with Crippen molar-refractivity contribution >= 4 is 34.8 Å². The van der Waals surface area contributed by atoms with E-state index in [0.29, 0.717) is 15.7 Å². The minimum Gasteiger partial charge on any atom is -0.504 e. The van der Waals surface area contributed by atoms with Gasteiger partial charge in [0.2, 0.25) is 11.7 Å². The van der Waals surface area contributed by atoms with Crippen LogP contribution in [0.4, 0.5) is 5.69 Å². The first-order valence-electron chi connectivity index (χ1n) is 8.85. The second-order valence-electron chi connectivity index (χ2n) is 4.32. The largest absolute Gasteiger partial charge is 0.504 e. The molecule has 0 heterocycles. The summed E-state index contributed by atoms with van der Waals surface area (Å²) in [6.45, 7) is 12.0. The minimum atomic E-state index is -0.661. The van der Waals surface area contributed by atoms with Crippen molar-refractivity contribution in [3.05, 3.63) is 45.9 Å². The van der Waals surface area contributed by atoms with Crippen LogP contribution in [-0.2, 0) is 11.2 Å². The number of halogens is 2. The van der Waals surface area contributed by atoms with Crippen LogP contribution in [0.15, 0.2) is 30.3 Å². The average molecular weight is 418 g/mol. The summed E-state index contributed by atoms with van der Waals surface area (Å²) in [5.74, 6) is -2.09. The topological polar surface area (TPSA) is 89.8 Å². The highest BCUT2D eigenvalue weighted by atomic mass is 35.5. The molecule has 152 valence electrons. The maximum absolute atomic E-state index is 11.9. The Morgan fingerprint density at radius 3 is 1.81 bits per heavy atom. The summed E-state index contributed by atoms with van der Waals surface area (Å²) >= 11 is 11.6. The van der Waals surface area contributed by atoms with E-state index in [9.17, 15) is 20.1 Å². The average Bonchev–Trinajstić information content (AvgIpc) is 2.66. The third-order valence-electron chi connectivity index (χ3n) is 2.71. The van der Waals surface area contributed by atoms with Gasteiger partial charge in [0.25, 0.3) is 0 Å². The number of phenolic OH excluding ortho intramolecular Hbond substituents is 3. The number of nitrogens with one attached hydrogen (secondary N) is 1. The maximum atomic E-state index is 11.9. The number of rotatable bonds is 3. The molecule has 0 aromatic heterocycles. The molecule has 2 aromatic rings. The van der Waals surface area contributed by atoms with Crippen LogP contribution in [0, 0.1) is 0 Å². The molecule has 0 saturated heterocycles. The highest BCUT2D eigenvalue weighted by Crippen LogP contribution is 2.37. The van der Waals surface area contributed by atoms with Gasteiger partial charge in [0.05, 0.1) is 6.42 Å². The molecule has 5 nitrogen and oxygen atoms in total. The molecule has 2 aromatic carbocycles. The smallest absolute Gasteiger partial charge is 0.228 e.